The quantitative estimate of drug-likeness (QED) is 0.637. The fourth-order valence-electron chi connectivity index (χ4n) is 3.12. The smallest absolute Gasteiger partial charge is 0.188 e. The first-order valence-electron chi connectivity index (χ1n) is 8.37. The van der Waals surface area contributed by atoms with E-state index >= 15 is 0 Å². The molecule has 144 valence electrons. The van der Waals surface area contributed by atoms with Gasteiger partial charge in [-0.15, -0.1) is 0 Å². The van der Waals surface area contributed by atoms with Gasteiger partial charge < -0.3 is 10.2 Å². The van der Waals surface area contributed by atoms with E-state index in [0.717, 1.165) is 0 Å². The summed E-state index contributed by atoms with van der Waals surface area (Å²) in [6.07, 6.45) is 2.47. The molecule has 6 nitrogen and oxygen atoms in total. The monoisotopic (exact) mass is 391 g/mol. The minimum Gasteiger partial charge on any atom is -0.451 e. The third-order valence-electron chi connectivity index (χ3n) is 5.12. The zero-order valence-corrected chi connectivity index (χ0v) is 16.3. The normalized spacial score (nSPS) is 27.2. The van der Waals surface area contributed by atoms with Crippen LogP contribution in [0.5, 0.6) is 0 Å². The van der Waals surface area contributed by atoms with Crippen molar-refractivity contribution < 1.29 is 17.8 Å². The van der Waals surface area contributed by atoms with Gasteiger partial charge in [0.05, 0.1) is 10.3 Å². The molecular formula is C19H22FN3O3S. The van der Waals surface area contributed by atoms with Crippen LogP contribution in [0.3, 0.4) is 0 Å². The van der Waals surface area contributed by atoms with Crippen LogP contribution in [-0.4, -0.2) is 37.2 Å². The summed E-state index contributed by atoms with van der Waals surface area (Å²) in [6, 6.07) is 4.38. The number of Topliss-reactive ketones (excluding diaryl/α,β-unsaturated/α-hetero) is 1. The van der Waals surface area contributed by atoms with E-state index in [1.807, 2.05) is 0 Å². The number of benzene rings is 1. The SMILES string of the molecule is C=S1(=O)C[C@@](C)(c2cc(CC(=O)c3cocn3)ccc2F)N=C(N)C1(C)C. The van der Waals surface area contributed by atoms with Crippen LogP contribution in [0.15, 0.2) is 40.3 Å². The van der Waals surface area contributed by atoms with Crippen molar-refractivity contribution in [3.05, 3.63) is 53.5 Å². The lowest BCUT2D eigenvalue weighted by atomic mass is 9.90. The molecule has 2 atom stereocenters. The predicted molar refractivity (Wildman–Crippen MR) is 104 cm³/mol. The molecule has 0 bridgehead atoms. The molecule has 8 heteroatoms. The van der Waals surface area contributed by atoms with Gasteiger partial charge in [-0.25, -0.2) is 9.37 Å². The summed E-state index contributed by atoms with van der Waals surface area (Å²) in [6.45, 7) is 5.13. The minimum atomic E-state index is -2.67. The Kier molecular flexibility index (Phi) is 4.50. The Hall–Kier alpha value is -2.48. The molecule has 0 aliphatic carbocycles. The van der Waals surface area contributed by atoms with E-state index in [1.165, 1.54) is 24.8 Å². The Balaban J connectivity index is 2.02. The van der Waals surface area contributed by atoms with Crippen molar-refractivity contribution >= 4 is 27.0 Å². The Morgan fingerprint density at radius 1 is 1.41 bits per heavy atom. The Morgan fingerprint density at radius 2 is 2.11 bits per heavy atom. The second kappa shape index (κ2) is 6.30. The standard InChI is InChI=1S/C19H22FN3O3S/c1-18(2)17(21)23-19(3,10-27(18,4)25)13-7-12(5-6-14(13)20)8-16(24)15-9-26-11-22-15/h5-7,9,11H,4,8,10H2,1-3H3,(H2,21,23)/t19-,27?/m0/s1. The van der Waals surface area contributed by atoms with Gasteiger partial charge in [0.1, 0.15) is 23.6 Å². The summed E-state index contributed by atoms with van der Waals surface area (Å²) < 4.78 is 31.7. The lowest BCUT2D eigenvalue weighted by Crippen LogP contribution is -2.54. The summed E-state index contributed by atoms with van der Waals surface area (Å²) in [4.78, 5) is 20.6. The first kappa shape index (κ1) is 19.3. The molecule has 2 heterocycles. The third-order valence-corrected chi connectivity index (χ3v) is 8.22. The number of aromatic nitrogens is 1. The molecule has 3 rings (SSSR count). The number of rotatable bonds is 4. The molecule has 1 unspecified atom stereocenters. The number of carbonyl (C=O) groups excluding carboxylic acids is 1. The van der Waals surface area contributed by atoms with Crippen LogP contribution in [-0.2, 0) is 21.5 Å². The lowest BCUT2D eigenvalue weighted by Gasteiger charge is -2.41. The maximum Gasteiger partial charge on any atom is 0.188 e. The van der Waals surface area contributed by atoms with E-state index in [1.54, 1.807) is 26.8 Å². The number of hydrogen-bond donors (Lipinski definition) is 1. The van der Waals surface area contributed by atoms with Crippen molar-refractivity contribution in [3.63, 3.8) is 0 Å². The number of aliphatic imine (C=N–C) groups is 1. The van der Waals surface area contributed by atoms with Gasteiger partial charge in [0.15, 0.2) is 12.2 Å². The summed E-state index contributed by atoms with van der Waals surface area (Å²) >= 11 is 0. The van der Waals surface area contributed by atoms with Gasteiger partial charge in [0.25, 0.3) is 0 Å². The minimum absolute atomic E-state index is 0.0281. The van der Waals surface area contributed by atoms with Crippen molar-refractivity contribution in [1.29, 1.82) is 0 Å². The van der Waals surface area contributed by atoms with Crippen LogP contribution in [0.2, 0.25) is 0 Å². The van der Waals surface area contributed by atoms with E-state index in [2.05, 4.69) is 15.8 Å². The topological polar surface area (TPSA) is 98.5 Å². The van der Waals surface area contributed by atoms with Gasteiger partial charge in [0.2, 0.25) is 0 Å². The van der Waals surface area contributed by atoms with Gasteiger partial charge in [-0.05, 0) is 53.9 Å². The van der Waals surface area contributed by atoms with Crippen LogP contribution < -0.4 is 5.73 Å². The second-order valence-electron chi connectivity index (χ2n) is 7.53. The zero-order valence-electron chi connectivity index (χ0n) is 15.5. The van der Waals surface area contributed by atoms with Crippen LogP contribution in [0.4, 0.5) is 4.39 Å². The largest absolute Gasteiger partial charge is 0.451 e. The molecule has 0 fully saturated rings. The molecule has 0 saturated heterocycles. The fraction of sp³-hybridized carbons (Fsp3) is 0.368. The number of amidine groups is 1. The summed E-state index contributed by atoms with van der Waals surface area (Å²) in [5.41, 5.74) is 5.97. The molecule has 27 heavy (non-hydrogen) atoms. The number of oxazole rings is 1. The van der Waals surface area contributed by atoms with Gasteiger partial charge in [-0.1, -0.05) is 6.07 Å². The maximum absolute atomic E-state index is 14.6. The molecule has 1 aromatic heterocycles. The molecule has 0 saturated carbocycles. The van der Waals surface area contributed by atoms with E-state index in [0.29, 0.717) is 5.56 Å². The van der Waals surface area contributed by atoms with Gasteiger partial charge in [-0.3, -0.25) is 14.0 Å². The second-order valence-corrected chi connectivity index (χ2v) is 10.5. The van der Waals surface area contributed by atoms with E-state index in [-0.39, 0.29) is 35.0 Å². The van der Waals surface area contributed by atoms with E-state index < -0.39 is 25.6 Å². The van der Waals surface area contributed by atoms with Crippen molar-refractivity contribution in [3.8, 4) is 0 Å². The van der Waals surface area contributed by atoms with Crippen LogP contribution >= 0.6 is 0 Å². The first-order valence-corrected chi connectivity index (χ1v) is 10.3. The number of hydrogen-bond acceptors (Lipinski definition) is 6. The van der Waals surface area contributed by atoms with Crippen LogP contribution in [0.1, 0.15) is 42.4 Å². The number of halogens is 1. The molecule has 0 amide bonds. The maximum atomic E-state index is 14.6. The van der Waals surface area contributed by atoms with Gasteiger partial charge in [-0.2, -0.15) is 0 Å². The highest BCUT2D eigenvalue weighted by atomic mass is 32.2. The summed E-state index contributed by atoms with van der Waals surface area (Å²) in [5, 5.41) is 0. The highest BCUT2D eigenvalue weighted by molar-refractivity contribution is 8.02. The molecule has 0 radical (unpaired) electrons. The Labute approximate surface area is 157 Å². The fourth-order valence-corrected chi connectivity index (χ4v) is 5.03. The molecule has 2 aromatic rings. The highest BCUT2D eigenvalue weighted by Crippen LogP contribution is 2.38. The van der Waals surface area contributed by atoms with Crippen LogP contribution in [0, 0.1) is 5.82 Å². The summed E-state index contributed by atoms with van der Waals surface area (Å²) in [5.74, 6) is 3.35. The van der Waals surface area contributed by atoms with Gasteiger partial charge >= 0.3 is 0 Å². The van der Waals surface area contributed by atoms with Crippen LogP contribution in [0.25, 0.3) is 0 Å². The number of ketones is 1. The first-order chi connectivity index (χ1) is 12.5. The molecule has 1 aromatic carbocycles. The van der Waals surface area contributed by atoms with Crippen molar-refractivity contribution in [2.75, 3.05) is 5.75 Å². The Morgan fingerprint density at radius 3 is 2.70 bits per heavy atom. The average Bonchev–Trinajstić information content (AvgIpc) is 3.09. The number of carbonyl (C=O) groups is 1. The molecule has 2 N–H and O–H groups in total. The van der Waals surface area contributed by atoms with Crippen molar-refractivity contribution in [2.45, 2.75) is 37.5 Å². The molecule has 1 aliphatic heterocycles. The average molecular weight is 391 g/mol. The predicted octanol–water partition coefficient (Wildman–Crippen LogP) is 2.32. The molecular weight excluding hydrogens is 369 g/mol. The Bertz CT molecular complexity index is 1030. The highest BCUT2D eigenvalue weighted by Gasteiger charge is 2.45. The van der Waals surface area contributed by atoms with Crippen molar-refractivity contribution in [2.24, 2.45) is 10.7 Å². The van der Waals surface area contributed by atoms with E-state index in [9.17, 15) is 13.4 Å². The lowest BCUT2D eigenvalue weighted by molar-refractivity contribution is 0.0988. The third kappa shape index (κ3) is 3.29. The zero-order chi connectivity index (χ0) is 20.0. The van der Waals surface area contributed by atoms with Crippen molar-refractivity contribution in [1.82, 2.24) is 4.98 Å². The number of nitrogens with zero attached hydrogens (tertiary/aromatic N) is 2. The molecule has 0 spiro atoms. The van der Waals surface area contributed by atoms with Gasteiger partial charge in [0, 0.05) is 17.7 Å². The van der Waals surface area contributed by atoms with E-state index in [4.69, 9.17) is 10.2 Å². The number of nitrogens with two attached hydrogens (primary N) is 1. The summed E-state index contributed by atoms with van der Waals surface area (Å²) in [7, 11) is -2.67. The molecule has 1 aliphatic rings.